The van der Waals surface area contributed by atoms with E-state index in [4.69, 9.17) is 5.11 Å². The fourth-order valence-corrected chi connectivity index (χ4v) is 1.55. The van der Waals surface area contributed by atoms with Gasteiger partial charge in [0, 0.05) is 6.04 Å². The maximum atomic E-state index is 11.6. The van der Waals surface area contributed by atoms with Crippen LogP contribution in [0.2, 0.25) is 0 Å². The molecule has 1 atom stereocenters. The Labute approximate surface area is 113 Å². The van der Waals surface area contributed by atoms with Crippen LogP contribution in [0.4, 0.5) is 4.79 Å². The number of carboxylic acid groups (broad SMARTS) is 1. The van der Waals surface area contributed by atoms with Gasteiger partial charge in [-0.25, -0.2) is 9.59 Å². The molecule has 0 fully saturated rings. The molecule has 4 N–H and O–H groups in total. The van der Waals surface area contributed by atoms with E-state index in [2.05, 4.69) is 16.0 Å². The highest BCUT2D eigenvalue weighted by molar-refractivity contribution is 5.88. The summed E-state index contributed by atoms with van der Waals surface area (Å²) in [6.07, 6.45) is 0.935. The van der Waals surface area contributed by atoms with Crippen LogP contribution in [0.25, 0.3) is 0 Å². The third-order valence-electron chi connectivity index (χ3n) is 2.47. The third kappa shape index (κ3) is 6.64. The molecule has 7 heteroatoms. The molecule has 1 unspecified atom stereocenters. The Balaban J connectivity index is 4.29. The van der Waals surface area contributed by atoms with Crippen molar-refractivity contribution < 1.29 is 19.5 Å². The van der Waals surface area contributed by atoms with Crippen LogP contribution < -0.4 is 16.0 Å². The molecule has 0 saturated heterocycles. The van der Waals surface area contributed by atoms with E-state index in [1.165, 1.54) is 6.92 Å². The number of amides is 3. The lowest BCUT2D eigenvalue weighted by Crippen LogP contribution is -2.56. The predicted molar refractivity (Wildman–Crippen MR) is 70.8 cm³/mol. The minimum Gasteiger partial charge on any atom is -0.480 e. The van der Waals surface area contributed by atoms with Gasteiger partial charge in [0.05, 0.1) is 6.54 Å². The van der Waals surface area contributed by atoms with E-state index < -0.39 is 17.5 Å². The topological polar surface area (TPSA) is 108 Å². The van der Waals surface area contributed by atoms with Gasteiger partial charge in [-0.2, -0.15) is 0 Å². The normalized spacial score (nSPS) is 13.5. The average molecular weight is 273 g/mol. The minimum atomic E-state index is -1.33. The van der Waals surface area contributed by atoms with Gasteiger partial charge in [0.2, 0.25) is 5.91 Å². The van der Waals surface area contributed by atoms with Crippen molar-refractivity contribution >= 4 is 17.9 Å². The van der Waals surface area contributed by atoms with Crippen molar-refractivity contribution in [3.8, 4) is 0 Å². The molecule has 0 spiro atoms. The van der Waals surface area contributed by atoms with Gasteiger partial charge in [-0.3, -0.25) is 4.79 Å². The van der Waals surface area contributed by atoms with E-state index >= 15 is 0 Å². The fraction of sp³-hybridized carbons (Fsp3) is 0.750. The first-order chi connectivity index (χ1) is 8.71. The lowest BCUT2D eigenvalue weighted by Gasteiger charge is -2.25. The highest BCUT2D eigenvalue weighted by Gasteiger charge is 2.33. The van der Waals surface area contributed by atoms with E-state index in [1.807, 2.05) is 6.92 Å². The second kappa shape index (κ2) is 7.60. The second-order valence-electron chi connectivity index (χ2n) is 4.92. The number of aliphatic carboxylic acids is 1. The number of urea groups is 1. The smallest absolute Gasteiger partial charge is 0.329 e. The van der Waals surface area contributed by atoms with Crippen molar-refractivity contribution in [1.82, 2.24) is 16.0 Å². The zero-order valence-electron chi connectivity index (χ0n) is 11.9. The van der Waals surface area contributed by atoms with Crippen molar-refractivity contribution in [2.45, 2.75) is 52.1 Å². The number of carboxylic acids is 1. The molecule has 0 aliphatic heterocycles. The molecule has 0 aromatic heterocycles. The minimum absolute atomic E-state index is 0.0123. The van der Waals surface area contributed by atoms with Gasteiger partial charge in [-0.05, 0) is 27.2 Å². The SMILES string of the molecule is CCCC(C)(NC(=O)NCC(=O)NC(C)C)C(=O)O. The Morgan fingerprint density at radius 1 is 1.26 bits per heavy atom. The van der Waals surface area contributed by atoms with Crippen molar-refractivity contribution in [3.05, 3.63) is 0 Å². The van der Waals surface area contributed by atoms with Gasteiger partial charge >= 0.3 is 12.0 Å². The van der Waals surface area contributed by atoms with Crippen molar-refractivity contribution in [1.29, 1.82) is 0 Å². The number of carbonyl (C=O) groups is 3. The summed E-state index contributed by atoms with van der Waals surface area (Å²) >= 11 is 0. The molecule has 3 amide bonds. The number of carbonyl (C=O) groups excluding carboxylic acids is 2. The predicted octanol–water partition coefficient (Wildman–Crippen LogP) is 0.454. The molecule has 0 radical (unpaired) electrons. The number of rotatable bonds is 7. The number of hydrogen-bond acceptors (Lipinski definition) is 3. The molecule has 19 heavy (non-hydrogen) atoms. The Bertz CT molecular complexity index is 344. The van der Waals surface area contributed by atoms with Crippen molar-refractivity contribution in [2.75, 3.05) is 6.54 Å². The molecule has 110 valence electrons. The molecule has 0 bridgehead atoms. The molecule has 0 aliphatic carbocycles. The number of hydrogen-bond donors (Lipinski definition) is 4. The van der Waals surface area contributed by atoms with Gasteiger partial charge < -0.3 is 21.1 Å². The quantitative estimate of drug-likeness (QED) is 0.540. The fourth-order valence-electron chi connectivity index (χ4n) is 1.55. The van der Waals surface area contributed by atoms with Crippen LogP contribution >= 0.6 is 0 Å². The first-order valence-electron chi connectivity index (χ1n) is 6.30. The van der Waals surface area contributed by atoms with E-state index in [0.717, 1.165) is 0 Å². The second-order valence-corrected chi connectivity index (χ2v) is 4.92. The Morgan fingerprint density at radius 3 is 2.26 bits per heavy atom. The maximum absolute atomic E-state index is 11.6. The molecule has 0 heterocycles. The summed E-state index contributed by atoms with van der Waals surface area (Å²) in [7, 11) is 0. The summed E-state index contributed by atoms with van der Waals surface area (Å²) in [6.45, 7) is 6.69. The van der Waals surface area contributed by atoms with Crippen LogP contribution in [0.1, 0.15) is 40.5 Å². The van der Waals surface area contributed by atoms with Crippen LogP contribution in [0.5, 0.6) is 0 Å². The standard InChI is InChI=1S/C12H23N3O4/c1-5-6-12(4,10(17)18)15-11(19)13-7-9(16)14-8(2)3/h8H,5-7H2,1-4H3,(H,14,16)(H,17,18)(H2,13,15,19). The first kappa shape index (κ1) is 17.2. The van der Waals surface area contributed by atoms with Crippen LogP contribution in [0, 0.1) is 0 Å². The summed E-state index contributed by atoms with van der Waals surface area (Å²) in [6, 6.07) is -0.681. The van der Waals surface area contributed by atoms with Gasteiger partial charge in [0.1, 0.15) is 5.54 Å². The maximum Gasteiger partial charge on any atom is 0.329 e. The van der Waals surface area contributed by atoms with E-state index in [-0.39, 0.29) is 18.5 Å². The molecule has 0 aromatic carbocycles. The summed E-state index contributed by atoms with van der Waals surface area (Å²) in [5.41, 5.74) is -1.33. The largest absolute Gasteiger partial charge is 0.480 e. The summed E-state index contributed by atoms with van der Waals surface area (Å²) in [4.78, 5) is 34.0. The average Bonchev–Trinajstić information content (AvgIpc) is 2.25. The van der Waals surface area contributed by atoms with Gasteiger partial charge in [-0.1, -0.05) is 13.3 Å². The van der Waals surface area contributed by atoms with Crippen molar-refractivity contribution in [2.24, 2.45) is 0 Å². The Kier molecular flexibility index (Phi) is 6.89. The van der Waals surface area contributed by atoms with Gasteiger partial charge in [0.25, 0.3) is 0 Å². The summed E-state index contributed by atoms with van der Waals surface area (Å²) in [5.74, 6) is -1.42. The Morgan fingerprint density at radius 2 is 1.84 bits per heavy atom. The monoisotopic (exact) mass is 273 g/mol. The van der Waals surface area contributed by atoms with Crippen LogP contribution in [0.15, 0.2) is 0 Å². The molecule has 0 saturated carbocycles. The molecular weight excluding hydrogens is 250 g/mol. The molecule has 0 aromatic rings. The van der Waals surface area contributed by atoms with E-state index in [1.54, 1.807) is 13.8 Å². The van der Waals surface area contributed by atoms with Crippen LogP contribution in [-0.4, -0.2) is 41.1 Å². The zero-order valence-corrected chi connectivity index (χ0v) is 11.9. The highest BCUT2D eigenvalue weighted by Crippen LogP contribution is 2.12. The molecule has 0 rings (SSSR count). The molecular formula is C12H23N3O4. The van der Waals surface area contributed by atoms with E-state index in [9.17, 15) is 14.4 Å². The lowest BCUT2D eigenvalue weighted by atomic mass is 9.97. The van der Waals surface area contributed by atoms with E-state index in [0.29, 0.717) is 12.8 Å². The summed E-state index contributed by atoms with van der Waals surface area (Å²) in [5, 5.41) is 16.4. The molecule has 0 aliphatic rings. The van der Waals surface area contributed by atoms with Gasteiger partial charge in [0.15, 0.2) is 0 Å². The van der Waals surface area contributed by atoms with Crippen LogP contribution in [0.3, 0.4) is 0 Å². The van der Waals surface area contributed by atoms with Gasteiger partial charge in [-0.15, -0.1) is 0 Å². The first-order valence-corrected chi connectivity index (χ1v) is 6.30. The van der Waals surface area contributed by atoms with Crippen LogP contribution in [-0.2, 0) is 9.59 Å². The molecule has 7 nitrogen and oxygen atoms in total. The highest BCUT2D eigenvalue weighted by atomic mass is 16.4. The Hall–Kier alpha value is -1.79. The summed E-state index contributed by atoms with van der Waals surface area (Å²) < 4.78 is 0. The van der Waals surface area contributed by atoms with Crippen molar-refractivity contribution in [3.63, 3.8) is 0 Å². The third-order valence-corrected chi connectivity index (χ3v) is 2.47. The zero-order chi connectivity index (χ0) is 15.1. The lowest BCUT2D eigenvalue weighted by molar-refractivity contribution is -0.144. The number of nitrogens with one attached hydrogen (secondary N) is 3.